The molecule has 2 aromatic rings. The van der Waals surface area contributed by atoms with E-state index >= 15 is 0 Å². The highest BCUT2D eigenvalue weighted by molar-refractivity contribution is 9.10. The summed E-state index contributed by atoms with van der Waals surface area (Å²) in [7, 11) is 0. The Bertz CT molecular complexity index is 657. The molecule has 0 saturated carbocycles. The van der Waals surface area contributed by atoms with Gasteiger partial charge in [-0.25, -0.2) is 4.39 Å². The van der Waals surface area contributed by atoms with Crippen molar-refractivity contribution in [2.75, 3.05) is 6.54 Å². The first kappa shape index (κ1) is 16.5. The van der Waals surface area contributed by atoms with Crippen LogP contribution in [-0.4, -0.2) is 6.54 Å². The molecular formula is C17H18BrClFN. The molecule has 0 aliphatic rings. The monoisotopic (exact) mass is 369 g/mol. The molecule has 0 aliphatic heterocycles. The number of benzene rings is 2. The minimum atomic E-state index is -0.272. The third-order valence-electron chi connectivity index (χ3n) is 3.51. The standard InChI is InChI=1S/C17H18BrClFN/c1-4-21-17(12-5-6-14(18)10(2)7-12)13-8-11(3)16(20)9-15(13)19/h5-9,17,21H,4H2,1-3H3. The van der Waals surface area contributed by atoms with Gasteiger partial charge in [-0.3, -0.25) is 0 Å². The Hall–Kier alpha value is -0.900. The second kappa shape index (κ2) is 6.91. The van der Waals surface area contributed by atoms with Crippen molar-refractivity contribution in [3.63, 3.8) is 0 Å². The summed E-state index contributed by atoms with van der Waals surface area (Å²) >= 11 is 9.78. The predicted molar refractivity (Wildman–Crippen MR) is 90.5 cm³/mol. The van der Waals surface area contributed by atoms with Crippen molar-refractivity contribution in [2.24, 2.45) is 0 Å². The smallest absolute Gasteiger partial charge is 0.127 e. The summed E-state index contributed by atoms with van der Waals surface area (Å²) in [4.78, 5) is 0. The van der Waals surface area contributed by atoms with Gasteiger partial charge in [-0.05, 0) is 60.8 Å². The molecule has 0 bridgehead atoms. The first-order chi connectivity index (χ1) is 9.93. The summed E-state index contributed by atoms with van der Waals surface area (Å²) in [6, 6.07) is 9.36. The molecule has 0 saturated heterocycles. The molecule has 2 aromatic carbocycles. The molecular weight excluding hydrogens is 353 g/mol. The Balaban J connectivity index is 2.52. The molecule has 0 radical (unpaired) electrons. The van der Waals surface area contributed by atoms with Gasteiger partial charge in [-0.15, -0.1) is 0 Å². The molecule has 0 spiro atoms. The molecule has 1 unspecified atom stereocenters. The van der Waals surface area contributed by atoms with E-state index in [0.717, 1.165) is 27.7 Å². The fraction of sp³-hybridized carbons (Fsp3) is 0.294. The van der Waals surface area contributed by atoms with Gasteiger partial charge in [0.25, 0.3) is 0 Å². The summed E-state index contributed by atoms with van der Waals surface area (Å²) in [5, 5.41) is 3.88. The molecule has 1 atom stereocenters. The van der Waals surface area contributed by atoms with Crippen LogP contribution in [0, 0.1) is 19.7 Å². The van der Waals surface area contributed by atoms with Gasteiger partial charge in [0.15, 0.2) is 0 Å². The number of rotatable bonds is 4. The summed E-state index contributed by atoms with van der Waals surface area (Å²) in [6.45, 7) is 6.65. The highest BCUT2D eigenvalue weighted by atomic mass is 79.9. The average molecular weight is 371 g/mol. The fourth-order valence-electron chi connectivity index (χ4n) is 2.36. The number of nitrogens with one attached hydrogen (secondary N) is 1. The van der Waals surface area contributed by atoms with Gasteiger partial charge in [0, 0.05) is 9.50 Å². The van der Waals surface area contributed by atoms with Crippen molar-refractivity contribution >= 4 is 27.5 Å². The topological polar surface area (TPSA) is 12.0 Å². The van der Waals surface area contributed by atoms with Crippen LogP contribution in [0.3, 0.4) is 0 Å². The lowest BCUT2D eigenvalue weighted by Crippen LogP contribution is -2.22. The summed E-state index contributed by atoms with van der Waals surface area (Å²) in [5.74, 6) is -0.272. The molecule has 1 nitrogen and oxygen atoms in total. The maximum atomic E-state index is 13.6. The minimum absolute atomic E-state index is 0.0476. The minimum Gasteiger partial charge on any atom is -0.306 e. The molecule has 0 amide bonds. The maximum absolute atomic E-state index is 13.6. The molecule has 4 heteroatoms. The van der Waals surface area contributed by atoms with Crippen molar-refractivity contribution in [2.45, 2.75) is 26.8 Å². The molecule has 0 fully saturated rings. The second-order valence-corrected chi connectivity index (χ2v) is 6.38. The van der Waals surface area contributed by atoms with Gasteiger partial charge in [-0.1, -0.05) is 46.6 Å². The van der Waals surface area contributed by atoms with Crippen molar-refractivity contribution in [1.82, 2.24) is 5.32 Å². The normalized spacial score (nSPS) is 12.5. The lowest BCUT2D eigenvalue weighted by atomic mass is 9.96. The summed E-state index contributed by atoms with van der Waals surface area (Å²) < 4.78 is 14.7. The second-order valence-electron chi connectivity index (χ2n) is 5.12. The third kappa shape index (κ3) is 3.65. The van der Waals surface area contributed by atoms with E-state index in [1.807, 2.05) is 26.0 Å². The van der Waals surface area contributed by atoms with E-state index in [-0.39, 0.29) is 11.9 Å². The van der Waals surface area contributed by atoms with E-state index in [0.29, 0.717) is 10.6 Å². The molecule has 112 valence electrons. The van der Waals surface area contributed by atoms with Crippen LogP contribution in [0.15, 0.2) is 34.8 Å². The molecule has 1 N–H and O–H groups in total. The predicted octanol–water partition coefficient (Wildman–Crippen LogP) is 5.56. The summed E-state index contributed by atoms with van der Waals surface area (Å²) in [6.07, 6.45) is 0. The van der Waals surface area contributed by atoms with Gasteiger partial charge < -0.3 is 5.32 Å². The zero-order valence-electron chi connectivity index (χ0n) is 12.3. The fourth-order valence-corrected chi connectivity index (χ4v) is 2.87. The molecule has 2 rings (SSSR count). The van der Waals surface area contributed by atoms with E-state index in [1.54, 1.807) is 6.92 Å². The van der Waals surface area contributed by atoms with Crippen molar-refractivity contribution in [3.8, 4) is 0 Å². The Kier molecular flexibility index (Phi) is 5.42. The Morgan fingerprint density at radius 2 is 1.90 bits per heavy atom. The van der Waals surface area contributed by atoms with Crippen molar-refractivity contribution < 1.29 is 4.39 Å². The van der Waals surface area contributed by atoms with Crippen LogP contribution in [0.1, 0.15) is 35.2 Å². The van der Waals surface area contributed by atoms with Crippen LogP contribution in [0.25, 0.3) is 0 Å². The van der Waals surface area contributed by atoms with E-state index < -0.39 is 0 Å². The van der Waals surface area contributed by atoms with Gasteiger partial charge in [-0.2, -0.15) is 0 Å². The van der Waals surface area contributed by atoms with Crippen molar-refractivity contribution in [3.05, 3.63) is 67.9 Å². The maximum Gasteiger partial charge on any atom is 0.127 e. The largest absolute Gasteiger partial charge is 0.306 e. The lowest BCUT2D eigenvalue weighted by molar-refractivity contribution is 0.606. The summed E-state index contributed by atoms with van der Waals surface area (Å²) in [5.41, 5.74) is 3.78. The molecule has 0 heterocycles. The number of aryl methyl sites for hydroxylation is 2. The number of hydrogen-bond donors (Lipinski definition) is 1. The first-order valence-corrected chi connectivity index (χ1v) is 8.06. The van der Waals surface area contributed by atoms with Crippen LogP contribution < -0.4 is 5.32 Å². The zero-order valence-corrected chi connectivity index (χ0v) is 14.6. The van der Waals surface area contributed by atoms with Gasteiger partial charge >= 0.3 is 0 Å². The van der Waals surface area contributed by atoms with Crippen LogP contribution >= 0.6 is 27.5 Å². The Morgan fingerprint density at radius 1 is 1.19 bits per heavy atom. The van der Waals surface area contributed by atoms with Gasteiger partial charge in [0.2, 0.25) is 0 Å². The number of hydrogen-bond acceptors (Lipinski definition) is 1. The van der Waals surface area contributed by atoms with Crippen LogP contribution in [0.2, 0.25) is 5.02 Å². The van der Waals surface area contributed by atoms with Crippen molar-refractivity contribution in [1.29, 1.82) is 0 Å². The molecule has 21 heavy (non-hydrogen) atoms. The molecule has 0 aromatic heterocycles. The zero-order chi connectivity index (χ0) is 15.6. The van der Waals surface area contributed by atoms with E-state index in [2.05, 4.69) is 33.4 Å². The highest BCUT2D eigenvalue weighted by Gasteiger charge is 2.18. The quantitative estimate of drug-likeness (QED) is 0.743. The Morgan fingerprint density at radius 3 is 2.52 bits per heavy atom. The van der Waals surface area contributed by atoms with Crippen LogP contribution in [0.4, 0.5) is 4.39 Å². The first-order valence-electron chi connectivity index (χ1n) is 6.89. The third-order valence-corrected chi connectivity index (χ3v) is 4.73. The SMILES string of the molecule is CCNC(c1ccc(Br)c(C)c1)c1cc(C)c(F)cc1Cl. The molecule has 0 aliphatic carbocycles. The average Bonchev–Trinajstić information content (AvgIpc) is 2.44. The Labute approximate surface area is 138 Å². The number of halogens is 3. The van der Waals surface area contributed by atoms with Crippen LogP contribution in [0.5, 0.6) is 0 Å². The van der Waals surface area contributed by atoms with E-state index in [4.69, 9.17) is 11.6 Å². The lowest BCUT2D eigenvalue weighted by Gasteiger charge is -2.21. The van der Waals surface area contributed by atoms with Crippen LogP contribution in [-0.2, 0) is 0 Å². The van der Waals surface area contributed by atoms with E-state index in [1.165, 1.54) is 6.07 Å². The van der Waals surface area contributed by atoms with Gasteiger partial charge in [0.05, 0.1) is 6.04 Å². The van der Waals surface area contributed by atoms with Gasteiger partial charge in [0.1, 0.15) is 5.82 Å². The van der Waals surface area contributed by atoms with E-state index in [9.17, 15) is 4.39 Å². The highest BCUT2D eigenvalue weighted by Crippen LogP contribution is 2.32.